The average Bonchev–Trinajstić information content (AvgIpc) is 2.72. The quantitative estimate of drug-likeness (QED) is 0.702. The van der Waals surface area contributed by atoms with Crippen LogP contribution < -0.4 is 10.1 Å². The van der Waals surface area contributed by atoms with Gasteiger partial charge in [0.25, 0.3) is 5.91 Å². The summed E-state index contributed by atoms with van der Waals surface area (Å²) in [4.78, 5) is 38.4. The van der Waals surface area contributed by atoms with Gasteiger partial charge < -0.3 is 19.7 Å². The molecule has 2 aromatic carbocycles. The van der Waals surface area contributed by atoms with Gasteiger partial charge in [0, 0.05) is 18.5 Å². The van der Waals surface area contributed by atoms with Crippen molar-refractivity contribution in [3.05, 3.63) is 53.6 Å². The summed E-state index contributed by atoms with van der Waals surface area (Å²) in [6.45, 7) is 2.55. The van der Waals surface area contributed by atoms with Gasteiger partial charge in [0.1, 0.15) is 5.75 Å². The minimum Gasteiger partial charge on any atom is -0.494 e. The van der Waals surface area contributed by atoms with Crippen LogP contribution in [0.5, 0.6) is 5.75 Å². The van der Waals surface area contributed by atoms with Crippen LogP contribution in [-0.2, 0) is 20.9 Å². The molecule has 1 aliphatic rings. The molecule has 1 N–H and O–H groups in total. The number of ether oxygens (including phenoxy) is 2. The number of thioether (sulfide) groups is 1. The number of rotatable bonds is 7. The zero-order valence-corrected chi connectivity index (χ0v) is 17.1. The monoisotopic (exact) mass is 414 g/mol. The van der Waals surface area contributed by atoms with Crippen LogP contribution in [-0.4, -0.2) is 48.7 Å². The van der Waals surface area contributed by atoms with Gasteiger partial charge in [-0.05, 0) is 42.8 Å². The molecule has 8 heteroatoms. The summed E-state index contributed by atoms with van der Waals surface area (Å²) in [5.41, 5.74) is 1.81. The first-order valence-corrected chi connectivity index (χ1v) is 10.1. The predicted octanol–water partition coefficient (Wildman–Crippen LogP) is 2.94. The van der Waals surface area contributed by atoms with Crippen molar-refractivity contribution in [2.45, 2.75) is 18.4 Å². The maximum Gasteiger partial charge on any atom is 0.338 e. The van der Waals surface area contributed by atoms with Gasteiger partial charge in [0.15, 0.2) is 6.61 Å². The Morgan fingerprint density at radius 1 is 1.17 bits per heavy atom. The second-order valence-electron chi connectivity index (χ2n) is 6.45. The Morgan fingerprint density at radius 2 is 1.93 bits per heavy atom. The number of nitrogens with one attached hydrogen (secondary N) is 1. The van der Waals surface area contributed by atoms with E-state index in [4.69, 9.17) is 9.47 Å². The largest absolute Gasteiger partial charge is 0.494 e. The predicted molar refractivity (Wildman–Crippen MR) is 110 cm³/mol. The van der Waals surface area contributed by atoms with E-state index in [-0.39, 0.29) is 24.0 Å². The summed E-state index contributed by atoms with van der Waals surface area (Å²) in [5, 5.41) is 2.73. The van der Waals surface area contributed by atoms with Crippen LogP contribution in [0.1, 0.15) is 22.8 Å². The van der Waals surface area contributed by atoms with E-state index >= 15 is 0 Å². The van der Waals surface area contributed by atoms with Crippen molar-refractivity contribution in [1.82, 2.24) is 4.90 Å². The maximum atomic E-state index is 12.3. The number of nitrogens with zero attached hydrogens (tertiary/aromatic N) is 1. The van der Waals surface area contributed by atoms with E-state index in [1.54, 1.807) is 25.2 Å². The number of fused-ring (bicyclic) bond motifs is 1. The lowest BCUT2D eigenvalue weighted by molar-refractivity contribution is -0.133. The van der Waals surface area contributed by atoms with Gasteiger partial charge in [0.2, 0.25) is 5.91 Å². The molecule has 0 unspecified atom stereocenters. The minimum atomic E-state index is -0.611. The van der Waals surface area contributed by atoms with Crippen molar-refractivity contribution in [2.75, 3.05) is 31.3 Å². The van der Waals surface area contributed by atoms with Crippen LogP contribution in [0, 0.1) is 0 Å². The lowest BCUT2D eigenvalue weighted by Crippen LogP contribution is -2.30. The Balaban J connectivity index is 1.52. The third-order valence-electron chi connectivity index (χ3n) is 4.25. The molecule has 0 fully saturated rings. The van der Waals surface area contributed by atoms with Crippen LogP contribution in [0.15, 0.2) is 47.4 Å². The molecule has 0 spiro atoms. The lowest BCUT2D eigenvalue weighted by Gasteiger charge is -2.18. The molecular weight excluding hydrogens is 392 g/mol. The fourth-order valence-corrected chi connectivity index (χ4v) is 3.54. The van der Waals surface area contributed by atoms with Crippen molar-refractivity contribution in [3.63, 3.8) is 0 Å². The van der Waals surface area contributed by atoms with Crippen LogP contribution >= 0.6 is 11.8 Å². The highest BCUT2D eigenvalue weighted by Crippen LogP contribution is 2.32. The zero-order valence-electron chi connectivity index (χ0n) is 16.3. The number of carbonyl (C=O) groups is 3. The summed E-state index contributed by atoms with van der Waals surface area (Å²) in [7, 11) is 1.65. The molecule has 0 saturated carbocycles. The number of hydrogen-bond acceptors (Lipinski definition) is 6. The molecule has 1 heterocycles. The molecule has 0 aromatic heterocycles. The zero-order chi connectivity index (χ0) is 20.8. The van der Waals surface area contributed by atoms with Gasteiger partial charge in [-0.1, -0.05) is 12.1 Å². The lowest BCUT2D eigenvalue weighted by atomic mass is 10.2. The van der Waals surface area contributed by atoms with E-state index in [9.17, 15) is 14.4 Å². The molecule has 1 aliphatic heterocycles. The van der Waals surface area contributed by atoms with E-state index in [2.05, 4.69) is 5.32 Å². The van der Waals surface area contributed by atoms with Crippen molar-refractivity contribution in [2.24, 2.45) is 0 Å². The fourth-order valence-electron chi connectivity index (χ4n) is 2.75. The van der Waals surface area contributed by atoms with Gasteiger partial charge in [-0.3, -0.25) is 9.59 Å². The Bertz CT molecular complexity index is 914. The SMILES string of the molecule is CCOc1ccc(CN(C)C(=O)COC(=O)c2ccc3c(c2)NC(=O)CS3)cc1. The summed E-state index contributed by atoms with van der Waals surface area (Å²) in [6, 6.07) is 12.4. The molecule has 7 nitrogen and oxygen atoms in total. The van der Waals surface area contributed by atoms with E-state index in [1.165, 1.54) is 16.7 Å². The average molecular weight is 414 g/mol. The number of benzene rings is 2. The number of carbonyl (C=O) groups excluding carboxylic acids is 3. The smallest absolute Gasteiger partial charge is 0.338 e. The first-order valence-electron chi connectivity index (χ1n) is 9.15. The Morgan fingerprint density at radius 3 is 2.66 bits per heavy atom. The summed E-state index contributed by atoms with van der Waals surface area (Å²) in [6.07, 6.45) is 0. The van der Waals surface area contributed by atoms with E-state index in [0.717, 1.165) is 16.2 Å². The van der Waals surface area contributed by atoms with E-state index in [0.29, 0.717) is 24.6 Å². The molecule has 0 bridgehead atoms. The highest BCUT2D eigenvalue weighted by Gasteiger charge is 2.19. The van der Waals surface area contributed by atoms with Crippen LogP contribution in [0.2, 0.25) is 0 Å². The summed E-state index contributed by atoms with van der Waals surface area (Å²) < 4.78 is 10.5. The standard InChI is InChI=1S/C21H22N2O5S/c1-3-27-16-7-4-14(5-8-16)11-23(2)20(25)12-28-21(26)15-6-9-18-17(10-15)22-19(24)13-29-18/h4-10H,3,11-13H2,1-2H3,(H,22,24). The van der Waals surface area contributed by atoms with Crippen LogP contribution in [0.25, 0.3) is 0 Å². The normalized spacial score (nSPS) is 12.6. The number of hydrogen-bond donors (Lipinski definition) is 1. The first kappa shape index (κ1) is 20.7. The fraction of sp³-hybridized carbons (Fsp3) is 0.286. The number of likely N-dealkylation sites (N-methyl/N-ethyl adjacent to an activating group) is 1. The molecule has 0 saturated heterocycles. The van der Waals surface area contributed by atoms with Gasteiger partial charge in [0.05, 0.1) is 23.6 Å². The summed E-state index contributed by atoms with van der Waals surface area (Å²) >= 11 is 1.41. The molecule has 2 amide bonds. The molecular formula is C21H22N2O5S. The highest BCUT2D eigenvalue weighted by molar-refractivity contribution is 8.00. The third-order valence-corrected chi connectivity index (χ3v) is 5.33. The Hall–Kier alpha value is -3.00. The number of anilines is 1. The molecule has 0 atom stereocenters. The number of amides is 2. The molecule has 2 aromatic rings. The van der Waals surface area contributed by atoms with Crippen LogP contribution in [0.3, 0.4) is 0 Å². The third kappa shape index (κ3) is 5.51. The van der Waals surface area contributed by atoms with Crippen LogP contribution in [0.4, 0.5) is 5.69 Å². The topological polar surface area (TPSA) is 84.9 Å². The molecule has 29 heavy (non-hydrogen) atoms. The maximum absolute atomic E-state index is 12.3. The molecule has 0 aliphatic carbocycles. The van der Waals surface area contributed by atoms with E-state index in [1.807, 2.05) is 31.2 Å². The summed E-state index contributed by atoms with van der Waals surface area (Å²) in [5.74, 6) is 0.0961. The van der Waals surface area contributed by atoms with Gasteiger partial charge >= 0.3 is 5.97 Å². The second kappa shape index (κ2) is 9.47. The molecule has 0 radical (unpaired) electrons. The Kier molecular flexibility index (Phi) is 6.77. The van der Waals surface area contributed by atoms with Gasteiger partial charge in [-0.25, -0.2) is 4.79 Å². The van der Waals surface area contributed by atoms with Crippen molar-refractivity contribution in [3.8, 4) is 5.75 Å². The first-order chi connectivity index (χ1) is 14.0. The van der Waals surface area contributed by atoms with Crippen molar-refractivity contribution >= 4 is 35.2 Å². The van der Waals surface area contributed by atoms with Crippen molar-refractivity contribution < 1.29 is 23.9 Å². The second-order valence-corrected chi connectivity index (χ2v) is 7.47. The molecule has 3 rings (SSSR count). The van der Waals surface area contributed by atoms with E-state index < -0.39 is 5.97 Å². The molecule has 152 valence electrons. The highest BCUT2D eigenvalue weighted by atomic mass is 32.2. The van der Waals surface area contributed by atoms with Gasteiger partial charge in [-0.15, -0.1) is 11.8 Å². The van der Waals surface area contributed by atoms with Crippen molar-refractivity contribution in [1.29, 1.82) is 0 Å². The number of esters is 1. The minimum absolute atomic E-state index is 0.112. The Labute approximate surface area is 173 Å². The van der Waals surface area contributed by atoms with Gasteiger partial charge in [-0.2, -0.15) is 0 Å².